The molecule has 1 aromatic carbocycles. The quantitative estimate of drug-likeness (QED) is 0.483. The highest BCUT2D eigenvalue weighted by molar-refractivity contribution is 8.00. The topological polar surface area (TPSA) is 97.0 Å². The number of thioether (sulfide) groups is 1. The molecule has 0 aliphatic carbocycles. The standard InChI is InChI=1S/C18H17ClN4O3S/c1-10(27-18-22-14-7-13(19)9-20-15(14)23-18)16(24)21-8-11-3-5-12(6-4-11)17(25)26-2/h3-7,9-10H,8H2,1-2H3,(H,21,24)(H,20,22,23)/t10-/m1/s1. The van der Waals surface area contributed by atoms with Crippen molar-refractivity contribution in [2.75, 3.05) is 7.11 Å². The number of carbonyl (C=O) groups excluding carboxylic acids is 2. The van der Waals surface area contributed by atoms with E-state index < -0.39 is 5.97 Å². The Bertz CT molecular complexity index is 974. The molecule has 3 rings (SSSR count). The highest BCUT2D eigenvalue weighted by atomic mass is 35.5. The number of halogens is 1. The molecular weight excluding hydrogens is 388 g/mol. The van der Waals surface area contributed by atoms with E-state index in [1.54, 1.807) is 37.3 Å². The van der Waals surface area contributed by atoms with Gasteiger partial charge in [-0.3, -0.25) is 4.79 Å². The second-order valence-corrected chi connectivity index (χ2v) is 7.50. The number of imidazole rings is 1. The number of methoxy groups -OCH3 is 1. The smallest absolute Gasteiger partial charge is 0.337 e. The summed E-state index contributed by atoms with van der Waals surface area (Å²) in [5, 5.41) is 3.64. The molecule has 1 atom stereocenters. The summed E-state index contributed by atoms with van der Waals surface area (Å²) in [4.78, 5) is 35.3. The minimum absolute atomic E-state index is 0.122. The molecular formula is C18H17ClN4O3S. The number of hydrogen-bond donors (Lipinski definition) is 2. The van der Waals surface area contributed by atoms with Crippen LogP contribution in [0.3, 0.4) is 0 Å². The lowest BCUT2D eigenvalue weighted by Crippen LogP contribution is -2.30. The molecule has 0 saturated heterocycles. The summed E-state index contributed by atoms with van der Waals surface area (Å²) in [6.07, 6.45) is 1.53. The van der Waals surface area contributed by atoms with Crippen molar-refractivity contribution in [1.29, 1.82) is 0 Å². The molecule has 2 aromatic heterocycles. The van der Waals surface area contributed by atoms with Crippen molar-refractivity contribution in [3.63, 3.8) is 0 Å². The van der Waals surface area contributed by atoms with Crippen LogP contribution in [0.15, 0.2) is 41.7 Å². The van der Waals surface area contributed by atoms with E-state index in [1.165, 1.54) is 25.1 Å². The molecule has 0 radical (unpaired) electrons. The molecule has 7 nitrogen and oxygen atoms in total. The number of pyridine rings is 1. The Morgan fingerprint density at radius 3 is 2.78 bits per heavy atom. The van der Waals surface area contributed by atoms with E-state index in [4.69, 9.17) is 11.6 Å². The molecule has 0 unspecified atom stereocenters. The summed E-state index contributed by atoms with van der Waals surface area (Å²) < 4.78 is 4.66. The van der Waals surface area contributed by atoms with Gasteiger partial charge in [-0.15, -0.1) is 0 Å². The van der Waals surface area contributed by atoms with E-state index in [-0.39, 0.29) is 11.2 Å². The Labute approximate surface area is 164 Å². The highest BCUT2D eigenvalue weighted by Crippen LogP contribution is 2.24. The summed E-state index contributed by atoms with van der Waals surface area (Å²) in [6, 6.07) is 8.62. The second-order valence-electron chi connectivity index (χ2n) is 5.73. The second kappa shape index (κ2) is 8.41. The molecule has 0 aliphatic rings. The van der Waals surface area contributed by atoms with Crippen molar-refractivity contribution in [3.05, 3.63) is 52.7 Å². The Balaban J connectivity index is 1.56. The monoisotopic (exact) mass is 404 g/mol. The molecule has 2 heterocycles. The van der Waals surface area contributed by atoms with Gasteiger partial charge in [0.1, 0.15) is 0 Å². The molecule has 0 spiro atoms. The van der Waals surface area contributed by atoms with Gasteiger partial charge in [0.25, 0.3) is 0 Å². The van der Waals surface area contributed by atoms with Crippen molar-refractivity contribution in [1.82, 2.24) is 20.3 Å². The van der Waals surface area contributed by atoms with Gasteiger partial charge in [-0.05, 0) is 30.7 Å². The molecule has 2 N–H and O–H groups in total. The fraction of sp³-hybridized carbons (Fsp3) is 0.222. The van der Waals surface area contributed by atoms with Crippen molar-refractivity contribution in [3.8, 4) is 0 Å². The first-order chi connectivity index (χ1) is 13.0. The number of esters is 1. The van der Waals surface area contributed by atoms with Crippen LogP contribution in [0.4, 0.5) is 0 Å². The number of carbonyl (C=O) groups is 2. The minimum Gasteiger partial charge on any atom is -0.465 e. The van der Waals surface area contributed by atoms with Crippen LogP contribution in [0.2, 0.25) is 5.02 Å². The van der Waals surface area contributed by atoms with Gasteiger partial charge in [0, 0.05) is 12.7 Å². The van der Waals surface area contributed by atoms with E-state index in [9.17, 15) is 9.59 Å². The van der Waals surface area contributed by atoms with Crippen LogP contribution in [-0.4, -0.2) is 39.2 Å². The number of ether oxygens (including phenoxy) is 1. The number of rotatable bonds is 6. The fourth-order valence-electron chi connectivity index (χ4n) is 2.34. The van der Waals surface area contributed by atoms with Gasteiger partial charge in [-0.1, -0.05) is 35.5 Å². The third kappa shape index (κ3) is 4.78. The van der Waals surface area contributed by atoms with Crippen LogP contribution in [0.5, 0.6) is 0 Å². The number of benzene rings is 1. The molecule has 1 amide bonds. The van der Waals surface area contributed by atoms with Gasteiger partial charge >= 0.3 is 5.97 Å². The summed E-state index contributed by atoms with van der Waals surface area (Å²) in [7, 11) is 1.34. The molecule has 3 aromatic rings. The lowest BCUT2D eigenvalue weighted by Gasteiger charge is -2.10. The van der Waals surface area contributed by atoms with Gasteiger partial charge in [0.2, 0.25) is 5.91 Å². The van der Waals surface area contributed by atoms with Crippen molar-refractivity contribution in [2.45, 2.75) is 23.9 Å². The molecule has 0 fully saturated rings. The van der Waals surface area contributed by atoms with Crippen LogP contribution in [-0.2, 0) is 16.1 Å². The van der Waals surface area contributed by atoms with Crippen molar-refractivity contribution >= 4 is 46.4 Å². The Hall–Kier alpha value is -2.58. The summed E-state index contributed by atoms with van der Waals surface area (Å²) in [5.74, 6) is -0.513. The van der Waals surface area contributed by atoms with E-state index in [0.29, 0.717) is 27.9 Å². The van der Waals surface area contributed by atoms with E-state index >= 15 is 0 Å². The highest BCUT2D eigenvalue weighted by Gasteiger charge is 2.17. The molecule has 0 bridgehead atoms. The predicted molar refractivity (Wildman–Crippen MR) is 104 cm³/mol. The first kappa shape index (κ1) is 19.2. The number of hydrogen-bond acceptors (Lipinski definition) is 6. The zero-order valence-corrected chi connectivity index (χ0v) is 16.2. The first-order valence-corrected chi connectivity index (χ1v) is 9.35. The molecule has 27 heavy (non-hydrogen) atoms. The first-order valence-electron chi connectivity index (χ1n) is 8.09. The van der Waals surface area contributed by atoms with Gasteiger partial charge in [-0.25, -0.2) is 14.8 Å². The van der Waals surface area contributed by atoms with E-state index in [2.05, 4.69) is 25.0 Å². The van der Waals surface area contributed by atoms with E-state index in [0.717, 1.165) is 11.1 Å². The SMILES string of the molecule is COC(=O)c1ccc(CNC(=O)[C@@H](C)Sc2nc3ncc(Cl)cc3[nH]2)cc1. The number of H-pyrrole nitrogens is 1. The average molecular weight is 405 g/mol. The zero-order chi connectivity index (χ0) is 19.4. The lowest BCUT2D eigenvalue weighted by molar-refractivity contribution is -0.120. The van der Waals surface area contributed by atoms with Gasteiger partial charge in [0.15, 0.2) is 10.8 Å². The minimum atomic E-state index is -0.391. The largest absolute Gasteiger partial charge is 0.465 e. The molecule has 0 aliphatic heterocycles. The molecule has 9 heteroatoms. The third-order valence-corrected chi connectivity index (χ3v) is 4.97. The number of aromatic nitrogens is 3. The lowest BCUT2D eigenvalue weighted by atomic mass is 10.1. The summed E-state index contributed by atoms with van der Waals surface area (Å²) in [5.41, 5.74) is 2.63. The normalized spacial score (nSPS) is 12.0. The van der Waals surface area contributed by atoms with Crippen LogP contribution in [0.25, 0.3) is 11.2 Å². The Morgan fingerprint density at radius 1 is 1.33 bits per heavy atom. The summed E-state index contributed by atoms with van der Waals surface area (Å²) in [6.45, 7) is 2.16. The number of fused-ring (bicyclic) bond motifs is 1. The van der Waals surface area contributed by atoms with Crippen LogP contribution in [0.1, 0.15) is 22.8 Å². The van der Waals surface area contributed by atoms with Crippen LogP contribution in [0, 0.1) is 0 Å². The van der Waals surface area contributed by atoms with E-state index in [1.807, 2.05) is 0 Å². The number of nitrogens with zero attached hydrogens (tertiary/aromatic N) is 2. The fourth-order valence-corrected chi connectivity index (χ4v) is 3.33. The average Bonchev–Trinajstić information content (AvgIpc) is 3.07. The molecule has 0 saturated carbocycles. The maximum atomic E-state index is 12.3. The van der Waals surface area contributed by atoms with Gasteiger partial charge in [-0.2, -0.15) is 0 Å². The van der Waals surface area contributed by atoms with Crippen molar-refractivity contribution in [2.24, 2.45) is 0 Å². The predicted octanol–water partition coefficient (Wildman–Crippen LogP) is 3.19. The maximum absolute atomic E-state index is 12.3. The Kier molecular flexibility index (Phi) is 5.98. The Morgan fingerprint density at radius 2 is 2.07 bits per heavy atom. The zero-order valence-electron chi connectivity index (χ0n) is 14.7. The van der Waals surface area contributed by atoms with Crippen molar-refractivity contribution < 1.29 is 14.3 Å². The number of amides is 1. The summed E-state index contributed by atoms with van der Waals surface area (Å²) >= 11 is 7.22. The van der Waals surface area contributed by atoms with Gasteiger partial charge in [0.05, 0.1) is 28.5 Å². The van der Waals surface area contributed by atoms with Crippen LogP contribution < -0.4 is 5.32 Å². The van der Waals surface area contributed by atoms with Gasteiger partial charge < -0.3 is 15.0 Å². The third-order valence-electron chi connectivity index (χ3n) is 3.78. The van der Waals surface area contributed by atoms with Crippen LogP contribution >= 0.6 is 23.4 Å². The molecule has 140 valence electrons. The number of aromatic amines is 1. The number of nitrogens with one attached hydrogen (secondary N) is 2. The maximum Gasteiger partial charge on any atom is 0.337 e.